The Bertz CT molecular complexity index is 360. The predicted octanol–water partition coefficient (Wildman–Crippen LogP) is 1.34. The molecule has 3 nitrogen and oxygen atoms in total. The van der Waals surface area contributed by atoms with E-state index in [1.807, 2.05) is 0 Å². The third-order valence-corrected chi connectivity index (χ3v) is 1.93. The maximum Gasteiger partial charge on any atom is 0.244 e. The van der Waals surface area contributed by atoms with E-state index in [1.165, 1.54) is 18.2 Å². The van der Waals surface area contributed by atoms with Crippen molar-refractivity contribution in [2.45, 2.75) is 6.42 Å². The van der Waals surface area contributed by atoms with Crippen LogP contribution in [0.3, 0.4) is 0 Å². The first-order valence-corrected chi connectivity index (χ1v) is 5.04. The molecule has 1 aromatic carbocycles. The van der Waals surface area contributed by atoms with Crippen molar-refractivity contribution in [2.75, 3.05) is 13.2 Å². The highest BCUT2D eigenvalue weighted by Crippen LogP contribution is 2.04. The van der Waals surface area contributed by atoms with Crippen LogP contribution < -0.4 is 5.32 Å². The number of rotatable bonds is 5. The molecule has 0 unspecified atom stereocenters. The van der Waals surface area contributed by atoms with Crippen LogP contribution in [-0.2, 0) is 4.79 Å². The Balaban J connectivity index is 2.41. The largest absolute Gasteiger partial charge is 0.396 e. The molecule has 16 heavy (non-hydrogen) atoms. The van der Waals surface area contributed by atoms with E-state index in [2.05, 4.69) is 5.32 Å². The van der Waals surface area contributed by atoms with Crippen LogP contribution in [0.5, 0.6) is 0 Å². The highest BCUT2D eigenvalue weighted by Gasteiger charge is 1.94. The summed E-state index contributed by atoms with van der Waals surface area (Å²) in [6, 6.07) is 5.85. The van der Waals surface area contributed by atoms with Gasteiger partial charge in [-0.05, 0) is 30.2 Å². The Kier molecular flexibility index (Phi) is 5.22. The van der Waals surface area contributed by atoms with Gasteiger partial charge in [0.25, 0.3) is 0 Å². The number of carbonyl (C=O) groups excluding carboxylic acids is 1. The average molecular weight is 223 g/mol. The number of amides is 1. The molecule has 1 rings (SSSR count). The maximum absolute atomic E-state index is 12.6. The van der Waals surface area contributed by atoms with E-state index in [1.54, 1.807) is 18.2 Å². The van der Waals surface area contributed by atoms with Gasteiger partial charge in [-0.25, -0.2) is 4.39 Å². The molecule has 0 saturated carbocycles. The summed E-state index contributed by atoms with van der Waals surface area (Å²) in [4.78, 5) is 11.2. The highest BCUT2D eigenvalue weighted by molar-refractivity contribution is 5.91. The van der Waals surface area contributed by atoms with Gasteiger partial charge in [-0.15, -0.1) is 0 Å². The van der Waals surface area contributed by atoms with Gasteiger partial charge in [0, 0.05) is 19.2 Å². The Morgan fingerprint density at radius 3 is 2.69 bits per heavy atom. The molecule has 0 atom stereocenters. The number of aliphatic hydroxyl groups is 1. The van der Waals surface area contributed by atoms with Crippen LogP contribution in [0.1, 0.15) is 12.0 Å². The molecule has 4 heteroatoms. The molecule has 0 aromatic heterocycles. The molecule has 0 fully saturated rings. The minimum absolute atomic E-state index is 0.0575. The fraction of sp³-hybridized carbons (Fsp3) is 0.250. The quantitative estimate of drug-likeness (QED) is 0.584. The summed E-state index contributed by atoms with van der Waals surface area (Å²) in [5, 5.41) is 11.1. The van der Waals surface area contributed by atoms with Gasteiger partial charge in [-0.1, -0.05) is 12.1 Å². The fourth-order valence-electron chi connectivity index (χ4n) is 1.10. The summed E-state index contributed by atoms with van der Waals surface area (Å²) in [7, 11) is 0. The van der Waals surface area contributed by atoms with Crippen molar-refractivity contribution in [3.8, 4) is 0 Å². The SMILES string of the molecule is O=C(/C=C/c1ccc(F)cc1)NCCCO. The second-order valence-electron chi connectivity index (χ2n) is 3.25. The van der Waals surface area contributed by atoms with Crippen LogP contribution in [0, 0.1) is 5.82 Å². The summed E-state index contributed by atoms with van der Waals surface area (Å²) in [6.07, 6.45) is 3.52. The lowest BCUT2D eigenvalue weighted by molar-refractivity contribution is -0.116. The second-order valence-corrected chi connectivity index (χ2v) is 3.25. The van der Waals surface area contributed by atoms with E-state index in [0.717, 1.165) is 5.56 Å². The van der Waals surface area contributed by atoms with Crippen LogP contribution in [0.2, 0.25) is 0 Å². The van der Waals surface area contributed by atoms with Gasteiger partial charge in [0.1, 0.15) is 5.82 Å². The van der Waals surface area contributed by atoms with Crippen molar-refractivity contribution in [2.24, 2.45) is 0 Å². The number of carbonyl (C=O) groups is 1. The Morgan fingerprint density at radius 2 is 2.06 bits per heavy atom. The molecular formula is C12H14FNO2. The van der Waals surface area contributed by atoms with Gasteiger partial charge >= 0.3 is 0 Å². The molecule has 0 radical (unpaired) electrons. The van der Waals surface area contributed by atoms with Crippen molar-refractivity contribution in [3.05, 3.63) is 41.7 Å². The van der Waals surface area contributed by atoms with Crippen LogP contribution in [0.4, 0.5) is 4.39 Å². The predicted molar refractivity (Wildman–Crippen MR) is 60.1 cm³/mol. The topological polar surface area (TPSA) is 49.3 Å². The minimum atomic E-state index is -0.301. The Morgan fingerprint density at radius 1 is 1.38 bits per heavy atom. The standard InChI is InChI=1S/C12H14FNO2/c13-11-5-2-10(3-6-11)4-7-12(16)14-8-1-9-15/h2-7,15H,1,8-9H2,(H,14,16)/b7-4+. The number of halogens is 1. The highest BCUT2D eigenvalue weighted by atomic mass is 19.1. The van der Waals surface area contributed by atoms with E-state index in [9.17, 15) is 9.18 Å². The van der Waals surface area contributed by atoms with Crippen molar-refractivity contribution in [1.82, 2.24) is 5.32 Å². The minimum Gasteiger partial charge on any atom is -0.396 e. The first-order valence-electron chi connectivity index (χ1n) is 5.04. The monoisotopic (exact) mass is 223 g/mol. The van der Waals surface area contributed by atoms with E-state index >= 15 is 0 Å². The lowest BCUT2D eigenvalue weighted by Crippen LogP contribution is -2.22. The van der Waals surface area contributed by atoms with E-state index in [0.29, 0.717) is 13.0 Å². The van der Waals surface area contributed by atoms with Gasteiger partial charge in [0.2, 0.25) is 5.91 Å². The van der Waals surface area contributed by atoms with Crippen molar-refractivity contribution in [1.29, 1.82) is 0 Å². The molecule has 1 amide bonds. The zero-order valence-electron chi connectivity index (χ0n) is 8.82. The third-order valence-electron chi connectivity index (χ3n) is 1.93. The summed E-state index contributed by atoms with van der Waals surface area (Å²) in [6.45, 7) is 0.505. The van der Waals surface area contributed by atoms with E-state index in [-0.39, 0.29) is 18.3 Å². The number of benzene rings is 1. The van der Waals surface area contributed by atoms with Gasteiger partial charge < -0.3 is 10.4 Å². The van der Waals surface area contributed by atoms with Gasteiger partial charge in [0.05, 0.1) is 0 Å². The smallest absolute Gasteiger partial charge is 0.244 e. The van der Waals surface area contributed by atoms with E-state index in [4.69, 9.17) is 5.11 Å². The summed E-state index contributed by atoms with van der Waals surface area (Å²) >= 11 is 0. The van der Waals surface area contributed by atoms with Crippen LogP contribution in [0.25, 0.3) is 6.08 Å². The molecule has 1 aromatic rings. The van der Waals surface area contributed by atoms with Crippen LogP contribution in [0.15, 0.2) is 30.3 Å². The second kappa shape index (κ2) is 6.74. The number of nitrogens with one attached hydrogen (secondary N) is 1. The molecule has 0 heterocycles. The summed E-state index contributed by atoms with van der Waals surface area (Å²) in [5.74, 6) is -0.526. The van der Waals surface area contributed by atoms with Gasteiger partial charge in [-0.3, -0.25) is 4.79 Å². The maximum atomic E-state index is 12.6. The number of hydrogen-bond donors (Lipinski definition) is 2. The Hall–Kier alpha value is -1.68. The zero-order chi connectivity index (χ0) is 11.8. The number of hydrogen-bond acceptors (Lipinski definition) is 2. The molecular weight excluding hydrogens is 209 g/mol. The van der Waals surface area contributed by atoms with Crippen LogP contribution >= 0.6 is 0 Å². The van der Waals surface area contributed by atoms with Crippen LogP contribution in [-0.4, -0.2) is 24.2 Å². The molecule has 0 bridgehead atoms. The first-order chi connectivity index (χ1) is 7.72. The van der Waals surface area contributed by atoms with Crippen molar-refractivity contribution >= 4 is 12.0 Å². The Labute approximate surface area is 93.6 Å². The molecule has 0 saturated heterocycles. The van der Waals surface area contributed by atoms with E-state index < -0.39 is 0 Å². The molecule has 0 aliphatic rings. The lowest BCUT2D eigenvalue weighted by atomic mass is 10.2. The molecule has 2 N–H and O–H groups in total. The zero-order valence-corrected chi connectivity index (χ0v) is 8.82. The number of aliphatic hydroxyl groups excluding tert-OH is 1. The van der Waals surface area contributed by atoms with Gasteiger partial charge in [-0.2, -0.15) is 0 Å². The first kappa shape index (κ1) is 12.4. The molecule has 0 aliphatic heterocycles. The van der Waals surface area contributed by atoms with Gasteiger partial charge in [0.15, 0.2) is 0 Å². The summed E-state index contributed by atoms with van der Waals surface area (Å²) < 4.78 is 12.6. The summed E-state index contributed by atoms with van der Waals surface area (Å²) in [5.41, 5.74) is 0.763. The third kappa shape index (κ3) is 4.70. The average Bonchev–Trinajstić information content (AvgIpc) is 2.29. The molecule has 0 spiro atoms. The van der Waals surface area contributed by atoms with Crippen molar-refractivity contribution in [3.63, 3.8) is 0 Å². The molecule has 86 valence electrons. The van der Waals surface area contributed by atoms with Crippen molar-refractivity contribution < 1.29 is 14.3 Å². The lowest BCUT2D eigenvalue weighted by Gasteiger charge is -1.98. The molecule has 0 aliphatic carbocycles. The fourth-order valence-corrected chi connectivity index (χ4v) is 1.10. The normalized spacial score (nSPS) is 10.6.